The quantitative estimate of drug-likeness (QED) is 0.0599. The van der Waals surface area contributed by atoms with Crippen LogP contribution in [0.4, 0.5) is 28.4 Å². The van der Waals surface area contributed by atoms with Crippen LogP contribution in [0.1, 0.15) is 0 Å². The minimum absolute atomic E-state index is 0.101. The number of hydrogen-bond acceptors (Lipinski definition) is 19. The summed E-state index contributed by atoms with van der Waals surface area (Å²) in [5.74, 6) is -2.45. The van der Waals surface area contributed by atoms with Gasteiger partial charge in [0, 0.05) is 34.7 Å². The number of fused-ring (bicyclic) bond motifs is 2. The van der Waals surface area contributed by atoms with Gasteiger partial charge in [-0.3, -0.25) is 18.2 Å². The number of aromatic hydroxyl groups is 1. The number of nitrogens with zero attached hydrogens (tertiary/aromatic N) is 4. The van der Waals surface area contributed by atoms with Gasteiger partial charge >= 0.3 is 10.4 Å². The summed E-state index contributed by atoms with van der Waals surface area (Å²) >= 11 is 0. The second-order valence-electron chi connectivity index (χ2n) is 11.7. The Kier molecular flexibility index (Phi) is 12.4. The van der Waals surface area contributed by atoms with Crippen LogP contribution in [0.3, 0.4) is 0 Å². The first kappa shape index (κ1) is 44.7. The Labute approximate surface area is 335 Å². The van der Waals surface area contributed by atoms with Crippen LogP contribution >= 0.6 is 0 Å². The van der Waals surface area contributed by atoms with E-state index >= 15 is 0 Å². The van der Waals surface area contributed by atoms with Crippen LogP contribution in [0.5, 0.6) is 17.2 Å². The first-order valence-corrected chi connectivity index (χ1v) is 23.1. The van der Waals surface area contributed by atoms with E-state index in [4.69, 9.17) is 14.0 Å². The van der Waals surface area contributed by atoms with Crippen LogP contribution in [0.2, 0.25) is 0 Å². The highest BCUT2D eigenvalue weighted by Crippen LogP contribution is 2.47. The van der Waals surface area contributed by atoms with E-state index in [2.05, 4.69) is 30.0 Å². The fourth-order valence-corrected chi connectivity index (χ4v) is 9.29. The third kappa shape index (κ3) is 9.73. The zero-order chi connectivity index (χ0) is 43.9. The van der Waals surface area contributed by atoms with Gasteiger partial charge < -0.3 is 19.9 Å². The summed E-state index contributed by atoms with van der Waals surface area (Å²) in [6.45, 7) is -1.00. The van der Waals surface area contributed by atoms with Gasteiger partial charge in [-0.15, -0.1) is 15.3 Å². The molecule has 0 aliphatic heterocycles. The molecule has 23 nitrogen and oxygen atoms in total. The van der Waals surface area contributed by atoms with Crippen molar-refractivity contribution < 1.29 is 79.1 Å². The average molecular weight is 920 g/mol. The average Bonchev–Trinajstić information content (AvgIpc) is 3.13. The van der Waals surface area contributed by atoms with Crippen molar-refractivity contribution in [3.8, 4) is 17.2 Å². The molecule has 5 rings (SSSR count). The molecule has 0 aliphatic rings. The molecule has 0 saturated carbocycles. The van der Waals surface area contributed by atoms with Gasteiger partial charge in [-0.25, -0.2) is 12.6 Å². The summed E-state index contributed by atoms with van der Waals surface area (Å²) in [5.41, 5.74) is -1.85. The van der Waals surface area contributed by atoms with Crippen molar-refractivity contribution in [1.82, 2.24) is 0 Å². The number of ether oxygens (including phenoxy) is 2. The Hall–Kier alpha value is -5.43. The molecular formula is C31H29N5O18S5. The highest BCUT2D eigenvalue weighted by Gasteiger charge is 2.27. The van der Waals surface area contributed by atoms with Crippen molar-refractivity contribution in [2.75, 3.05) is 38.9 Å². The summed E-state index contributed by atoms with van der Waals surface area (Å²) in [7, 11) is -21.1. The predicted molar refractivity (Wildman–Crippen MR) is 206 cm³/mol. The highest BCUT2D eigenvalue weighted by molar-refractivity contribution is 7.91. The number of anilines is 1. The summed E-state index contributed by atoms with van der Waals surface area (Å²) in [6.07, 6.45) is 0. The first-order valence-electron chi connectivity index (χ1n) is 15.7. The summed E-state index contributed by atoms with van der Waals surface area (Å²) in [5, 5.41) is 28.8. The number of phenols is 1. The maximum atomic E-state index is 13.1. The molecule has 0 bridgehead atoms. The number of hydrogen-bond donors (Lipinski definition) is 6. The third-order valence-corrected chi connectivity index (χ3v) is 12.9. The third-order valence-electron chi connectivity index (χ3n) is 8.12. The molecule has 0 saturated heterocycles. The first-order chi connectivity index (χ1) is 27.3. The number of sulfone groups is 1. The van der Waals surface area contributed by atoms with Crippen molar-refractivity contribution >= 4 is 101 Å². The number of benzene rings is 5. The summed E-state index contributed by atoms with van der Waals surface area (Å²) < 4.78 is 176. The van der Waals surface area contributed by atoms with Gasteiger partial charge in [0.2, 0.25) is 0 Å². The molecule has 6 N–H and O–H groups in total. The normalized spacial score (nSPS) is 13.1. The van der Waals surface area contributed by atoms with E-state index in [-0.39, 0.29) is 44.4 Å². The fraction of sp³-hybridized carbons (Fsp3) is 0.161. The van der Waals surface area contributed by atoms with Gasteiger partial charge in [0.15, 0.2) is 15.6 Å². The molecule has 0 amide bonds. The zero-order valence-corrected chi connectivity index (χ0v) is 34.1. The summed E-state index contributed by atoms with van der Waals surface area (Å²) in [4.78, 5) is -3.23. The van der Waals surface area contributed by atoms with Crippen LogP contribution < -0.4 is 14.8 Å². The standard InChI is InChI=1S/C31H29N5O18S5/c1-32-21-8-7-18-20(29(21)35-33-16-11-19-17(26(12-16)57(43,44)45)5-4-6-25(19)56(40,41)42)13-28(58(46,47)48)30(31(18)37)36-34-22-14-27(24(53-3)15-23(22)52-2)55(38,39)10-9-54-59(49,50)51/h4-8,11-15,32,37H,9-10H2,1-3H3,(H,40,41,42)(H,43,44,45)(H,46,47,48)(H,49,50,51). The fourth-order valence-electron chi connectivity index (χ4n) is 5.56. The smallest absolute Gasteiger partial charge is 0.397 e. The lowest BCUT2D eigenvalue weighted by atomic mass is 10.1. The van der Waals surface area contributed by atoms with Gasteiger partial charge in [-0.2, -0.15) is 38.8 Å². The van der Waals surface area contributed by atoms with Gasteiger partial charge in [0.25, 0.3) is 30.4 Å². The number of phenolic OH excluding ortho intramolecular Hbond substituents is 1. The van der Waals surface area contributed by atoms with Crippen LogP contribution in [0, 0.1) is 0 Å². The second-order valence-corrected chi connectivity index (χ2v) is 19.1. The molecule has 0 aliphatic carbocycles. The van der Waals surface area contributed by atoms with Crippen molar-refractivity contribution in [2.45, 2.75) is 19.6 Å². The van der Waals surface area contributed by atoms with Crippen LogP contribution in [0.25, 0.3) is 21.5 Å². The number of azo groups is 2. The Morgan fingerprint density at radius 2 is 1.22 bits per heavy atom. The van der Waals surface area contributed by atoms with Gasteiger partial charge in [0.1, 0.15) is 48.1 Å². The number of methoxy groups -OCH3 is 2. The van der Waals surface area contributed by atoms with Crippen LogP contribution in [0.15, 0.2) is 101 Å². The lowest BCUT2D eigenvalue weighted by Gasteiger charge is -2.14. The minimum Gasteiger partial charge on any atom is -0.505 e. The molecule has 5 aromatic rings. The van der Waals surface area contributed by atoms with E-state index in [1.54, 1.807) is 0 Å². The zero-order valence-electron chi connectivity index (χ0n) is 30.1. The molecule has 28 heteroatoms. The molecular weight excluding hydrogens is 891 g/mol. The van der Waals surface area contributed by atoms with E-state index in [0.29, 0.717) is 0 Å². The minimum atomic E-state index is -5.31. The molecule has 0 aromatic heterocycles. The lowest BCUT2D eigenvalue weighted by molar-refractivity contribution is 0.283. The Bertz CT molecular complexity index is 3170. The van der Waals surface area contributed by atoms with Crippen LogP contribution in [-0.4, -0.2) is 99.0 Å². The van der Waals surface area contributed by atoms with Gasteiger partial charge in [-0.05, 0) is 42.5 Å². The van der Waals surface area contributed by atoms with E-state index in [1.807, 2.05) is 0 Å². The molecule has 0 atom stereocenters. The molecule has 0 spiro atoms. The van der Waals surface area contributed by atoms with Crippen molar-refractivity contribution in [3.63, 3.8) is 0 Å². The predicted octanol–water partition coefficient (Wildman–Crippen LogP) is 4.92. The van der Waals surface area contributed by atoms with E-state index in [1.165, 1.54) is 19.2 Å². The van der Waals surface area contributed by atoms with Crippen molar-refractivity contribution in [1.29, 1.82) is 0 Å². The Morgan fingerprint density at radius 1 is 0.593 bits per heavy atom. The van der Waals surface area contributed by atoms with Crippen molar-refractivity contribution in [3.05, 3.63) is 60.7 Å². The molecule has 0 heterocycles. The van der Waals surface area contributed by atoms with E-state index in [9.17, 15) is 60.9 Å². The van der Waals surface area contributed by atoms with Gasteiger partial charge in [-0.1, -0.05) is 12.1 Å². The maximum Gasteiger partial charge on any atom is 0.397 e. The molecule has 0 radical (unpaired) electrons. The topological polar surface area (TPSA) is 361 Å². The summed E-state index contributed by atoms with van der Waals surface area (Å²) in [6, 6.07) is 10.4. The Balaban J connectivity index is 1.71. The van der Waals surface area contributed by atoms with Gasteiger partial charge in [0.05, 0.1) is 38.0 Å². The SMILES string of the molecule is CNc1ccc2c(O)c(N=Nc3cc(S(=O)(=O)CCOS(=O)(=O)O)c(OC)cc3OC)c(S(=O)(=O)O)cc2c1N=Nc1cc(S(=O)(=O)O)c2cccc(S(=O)(=O)O)c2c1. The van der Waals surface area contributed by atoms with E-state index in [0.717, 1.165) is 62.8 Å². The molecule has 316 valence electrons. The van der Waals surface area contributed by atoms with Crippen LogP contribution in [-0.2, 0) is 54.8 Å². The molecule has 0 unspecified atom stereocenters. The Morgan fingerprint density at radius 3 is 1.80 bits per heavy atom. The largest absolute Gasteiger partial charge is 0.505 e. The van der Waals surface area contributed by atoms with Crippen molar-refractivity contribution in [2.24, 2.45) is 20.5 Å². The maximum absolute atomic E-state index is 13.1. The number of rotatable bonds is 15. The molecule has 59 heavy (non-hydrogen) atoms. The molecule has 0 fully saturated rings. The second kappa shape index (κ2) is 16.3. The highest BCUT2D eigenvalue weighted by atomic mass is 32.3. The monoisotopic (exact) mass is 919 g/mol. The lowest BCUT2D eigenvalue weighted by Crippen LogP contribution is -2.16. The number of nitrogens with one attached hydrogen (secondary N) is 1. The van der Waals surface area contributed by atoms with E-state index < -0.39 is 105 Å². The molecule has 5 aromatic carbocycles.